The second-order valence-corrected chi connectivity index (χ2v) is 12.2. The van der Waals surface area contributed by atoms with Crippen molar-refractivity contribution in [2.24, 2.45) is 5.73 Å². The second kappa shape index (κ2) is 11.0. The third-order valence-electron chi connectivity index (χ3n) is 9.41. The molecule has 5 nitrogen and oxygen atoms in total. The first kappa shape index (κ1) is 27.6. The molecule has 1 aromatic heterocycles. The molecule has 0 saturated carbocycles. The normalized spacial score (nSPS) is 15.4. The number of hydrogen-bond donors (Lipinski definition) is 1. The maximum atomic E-state index is 6.27. The quantitative estimate of drug-likeness (QED) is 0.166. The fourth-order valence-electron chi connectivity index (χ4n) is 7.04. The summed E-state index contributed by atoms with van der Waals surface area (Å²) in [5, 5.41) is 7.15. The molecule has 2 N–H and O–H groups in total. The standard InChI is InChI=1S/C43H29N5/c1-27(39-9-5-18-46-39)20-33(24-44)30-12-15-37-38-16-13-31-21-29(34-22-40(47-26-34)32-17-19-45-25-32)11-14-36(31)43(38)48(42(37)23-30)41-10-4-7-28-6-2-3-8-35(28)41/h2-26,44H,1H3/q+2/p+1. The van der Waals surface area contributed by atoms with Gasteiger partial charge in [-0.2, -0.15) is 0 Å². The highest BCUT2D eigenvalue weighted by Gasteiger charge is 2.25. The highest BCUT2D eigenvalue weighted by molar-refractivity contribution is 6.33. The molecule has 0 aliphatic carbocycles. The SMILES string of the molecule is C/C(=C\C(=C/N)c1ccc2c3ccc4cc(C5=CC(C6=CC=[N+]=C6)=[N+]=C5)ccc4c3n(-c3cccc4ccccc34)c2c1)C1=[N+]=CC=C1. The Hall–Kier alpha value is -6.73. The Balaban J connectivity index is 1.27. The lowest BCUT2D eigenvalue weighted by molar-refractivity contribution is 1.20. The van der Waals surface area contributed by atoms with Gasteiger partial charge >= 0.3 is 23.9 Å². The number of aromatic nitrogens is 1. The molecule has 0 atom stereocenters. The van der Waals surface area contributed by atoms with Crippen LogP contribution in [0.1, 0.15) is 18.1 Å². The van der Waals surface area contributed by atoms with Crippen LogP contribution in [-0.4, -0.2) is 40.8 Å². The van der Waals surface area contributed by atoms with Crippen LogP contribution >= 0.6 is 0 Å². The number of allylic oxidation sites excluding steroid dienone is 9. The van der Waals surface area contributed by atoms with Crippen molar-refractivity contribution in [3.63, 3.8) is 0 Å². The van der Waals surface area contributed by atoms with Crippen molar-refractivity contribution in [1.82, 2.24) is 18.6 Å². The van der Waals surface area contributed by atoms with Crippen LogP contribution in [0.3, 0.4) is 0 Å². The Bertz CT molecular complexity index is 2780. The molecule has 0 spiro atoms. The van der Waals surface area contributed by atoms with Gasteiger partial charge in [-0.25, -0.2) is 0 Å². The zero-order valence-electron chi connectivity index (χ0n) is 26.3. The van der Waals surface area contributed by atoms with E-state index in [0.29, 0.717) is 0 Å². The van der Waals surface area contributed by atoms with Crippen LogP contribution in [0.4, 0.5) is 0 Å². The molecule has 5 heteroatoms. The zero-order valence-corrected chi connectivity index (χ0v) is 26.3. The monoisotopic (exact) mass is 616 g/mol. The maximum absolute atomic E-state index is 6.27. The van der Waals surface area contributed by atoms with Gasteiger partial charge in [-0.15, -0.1) is 0 Å². The van der Waals surface area contributed by atoms with E-state index in [9.17, 15) is 0 Å². The van der Waals surface area contributed by atoms with Gasteiger partial charge in [-0.1, -0.05) is 86.8 Å². The van der Waals surface area contributed by atoms with E-state index in [1.165, 1.54) is 37.8 Å². The van der Waals surface area contributed by atoms with Gasteiger partial charge in [0.05, 0.1) is 22.3 Å². The summed E-state index contributed by atoms with van der Waals surface area (Å²) in [4.78, 5) is 0. The lowest BCUT2D eigenvalue weighted by Gasteiger charge is -2.14. The molecule has 0 bridgehead atoms. The van der Waals surface area contributed by atoms with E-state index in [1.54, 1.807) is 12.4 Å². The Morgan fingerprint density at radius 3 is 2.48 bits per heavy atom. The molecule has 5 aromatic carbocycles. The summed E-state index contributed by atoms with van der Waals surface area (Å²) in [6, 6.07) is 33.1. The van der Waals surface area contributed by atoms with E-state index in [1.807, 2.05) is 36.9 Å². The van der Waals surface area contributed by atoms with E-state index in [0.717, 1.165) is 56.0 Å². The minimum atomic E-state index is 0.937. The van der Waals surface area contributed by atoms with E-state index >= 15 is 0 Å². The number of nitrogens with zero attached hydrogens (tertiary/aromatic N) is 4. The van der Waals surface area contributed by atoms with Crippen LogP contribution in [0, 0.1) is 0 Å². The first-order chi connectivity index (χ1) is 23.7. The predicted molar refractivity (Wildman–Crippen MR) is 208 cm³/mol. The van der Waals surface area contributed by atoms with Crippen molar-refractivity contribution in [1.29, 1.82) is 0 Å². The molecule has 3 aliphatic rings. The lowest BCUT2D eigenvalue weighted by Crippen LogP contribution is -2.00. The lowest BCUT2D eigenvalue weighted by atomic mass is 9.98. The van der Waals surface area contributed by atoms with Crippen molar-refractivity contribution in [2.45, 2.75) is 6.92 Å². The number of rotatable bonds is 6. The molecule has 0 radical (unpaired) electrons. The van der Waals surface area contributed by atoms with Gasteiger partial charge in [0.1, 0.15) is 0 Å². The Kier molecular flexibility index (Phi) is 6.30. The van der Waals surface area contributed by atoms with Gasteiger partial charge in [-0.05, 0) is 58.7 Å². The molecule has 6 aromatic rings. The number of nitrogens with two attached hydrogens (primary N) is 1. The Morgan fingerprint density at radius 1 is 0.750 bits per heavy atom. The minimum absolute atomic E-state index is 0.937. The molecule has 0 unspecified atom stereocenters. The predicted octanol–water partition coefficient (Wildman–Crippen LogP) is 6.61. The van der Waals surface area contributed by atoms with Crippen molar-refractivity contribution < 1.29 is 0 Å². The maximum Gasteiger partial charge on any atom is 0.342 e. The molecule has 4 heterocycles. The van der Waals surface area contributed by atoms with E-state index in [4.69, 9.17) is 5.73 Å². The summed E-state index contributed by atoms with van der Waals surface area (Å²) < 4.78 is 15.8. The van der Waals surface area contributed by atoms with E-state index < -0.39 is 0 Å². The zero-order chi connectivity index (χ0) is 32.2. The largest absolute Gasteiger partial charge is 0.404 e. The Morgan fingerprint density at radius 2 is 1.62 bits per heavy atom. The van der Waals surface area contributed by atoms with Gasteiger partial charge < -0.3 is 10.3 Å². The van der Waals surface area contributed by atoms with Gasteiger partial charge in [0.15, 0.2) is 5.57 Å². The highest BCUT2D eigenvalue weighted by Crippen LogP contribution is 2.40. The van der Waals surface area contributed by atoms with Gasteiger partial charge in [0.2, 0.25) is 0 Å². The van der Waals surface area contributed by atoms with Crippen LogP contribution in [-0.2, 0) is 0 Å². The van der Waals surface area contributed by atoms with Gasteiger partial charge in [0, 0.05) is 57.6 Å². The fourth-order valence-corrected chi connectivity index (χ4v) is 7.04. The molecule has 9 rings (SSSR count). The topological polar surface area (TPSA) is 73.2 Å². The number of hydrogen-bond acceptors (Lipinski definition) is 1. The molecule has 3 aliphatic heterocycles. The minimum Gasteiger partial charge on any atom is -0.404 e. The fraction of sp³-hybridized carbons (Fsp3) is 0.0233. The van der Waals surface area contributed by atoms with Crippen LogP contribution < -0.4 is 19.7 Å². The highest BCUT2D eigenvalue weighted by atomic mass is 15.0. The van der Waals surface area contributed by atoms with Crippen molar-refractivity contribution >= 4 is 90.8 Å². The summed E-state index contributed by atoms with van der Waals surface area (Å²) in [5.41, 5.74) is 17.9. The first-order valence-electron chi connectivity index (χ1n) is 16.0. The van der Waals surface area contributed by atoms with Crippen molar-refractivity contribution in [3.8, 4) is 5.69 Å². The molecule has 48 heavy (non-hydrogen) atoms. The van der Waals surface area contributed by atoms with Crippen LogP contribution in [0.5, 0.6) is 0 Å². The summed E-state index contributed by atoms with van der Waals surface area (Å²) in [6.45, 7) is 2.07. The number of benzene rings is 5. The molecular formula is C43H30N5+3. The first-order valence-corrected chi connectivity index (χ1v) is 16.0. The molecule has 224 valence electrons. The van der Waals surface area contributed by atoms with Gasteiger partial charge in [0.25, 0.3) is 12.4 Å². The summed E-state index contributed by atoms with van der Waals surface area (Å²) in [6.07, 6.45) is 19.3. The van der Waals surface area contributed by atoms with Gasteiger partial charge in [-0.3, -0.25) is 0 Å². The molecule has 0 saturated heterocycles. The third-order valence-corrected chi connectivity index (χ3v) is 9.41. The average Bonchev–Trinajstić information content (AvgIpc) is 3.96. The van der Waals surface area contributed by atoms with Crippen LogP contribution in [0.25, 0.3) is 60.2 Å². The summed E-state index contributed by atoms with van der Waals surface area (Å²) in [7, 11) is 0. The van der Waals surface area contributed by atoms with E-state index in [-0.39, 0.29) is 0 Å². The van der Waals surface area contributed by atoms with Crippen LogP contribution in [0.2, 0.25) is 0 Å². The molecular weight excluding hydrogens is 587 g/mol. The van der Waals surface area contributed by atoms with Crippen LogP contribution in [0.15, 0.2) is 139 Å². The van der Waals surface area contributed by atoms with E-state index in [2.05, 4.69) is 129 Å². The molecule has 0 amide bonds. The number of fused-ring (bicyclic) bond motifs is 6. The van der Waals surface area contributed by atoms with Crippen molar-refractivity contribution in [2.75, 3.05) is 0 Å². The average molecular weight is 617 g/mol. The summed E-state index contributed by atoms with van der Waals surface area (Å²) >= 11 is 0. The smallest absolute Gasteiger partial charge is 0.342 e. The summed E-state index contributed by atoms with van der Waals surface area (Å²) in [5.74, 6) is 0. The third kappa shape index (κ3) is 4.40. The Labute approximate surface area is 276 Å². The second-order valence-electron chi connectivity index (χ2n) is 12.2. The van der Waals surface area contributed by atoms with Crippen molar-refractivity contribution in [3.05, 3.63) is 150 Å². The molecule has 0 fully saturated rings.